The van der Waals surface area contributed by atoms with Crippen molar-refractivity contribution in [3.05, 3.63) is 0 Å². The molecule has 0 aromatic carbocycles. The van der Waals surface area contributed by atoms with Crippen molar-refractivity contribution < 1.29 is 4.79 Å². The molecule has 2 aliphatic rings. The van der Waals surface area contributed by atoms with Crippen LogP contribution in [0.5, 0.6) is 0 Å². The average Bonchev–Trinajstić information content (AvgIpc) is 2.25. The highest BCUT2D eigenvalue weighted by Gasteiger charge is 2.38. The molecular weight excluding hydrogens is 280 g/mol. The zero-order valence-electron chi connectivity index (χ0n) is 10.5. The number of piperidine rings is 1. The summed E-state index contributed by atoms with van der Waals surface area (Å²) in [7, 11) is 0. The summed E-state index contributed by atoms with van der Waals surface area (Å²) in [6.45, 7) is 3.53. The molecule has 3 nitrogen and oxygen atoms in total. The third-order valence-electron chi connectivity index (χ3n) is 4.45. The van der Waals surface area contributed by atoms with E-state index in [2.05, 4.69) is 20.8 Å². The Morgan fingerprint density at radius 3 is 2.41 bits per heavy atom. The summed E-state index contributed by atoms with van der Waals surface area (Å²) in [5.41, 5.74) is 5.81. The summed E-state index contributed by atoms with van der Waals surface area (Å²) in [5, 5.41) is 1.14. The van der Waals surface area contributed by atoms with Crippen LogP contribution < -0.4 is 5.73 Å². The monoisotopic (exact) mass is 302 g/mol. The summed E-state index contributed by atoms with van der Waals surface area (Å²) in [5.74, 6) is 0.393. The van der Waals surface area contributed by atoms with Gasteiger partial charge in [-0.15, -0.1) is 0 Å². The quantitative estimate of drug-likeness (QED) is 0.791. The van der Waals surface area contributed by atoms with E-state index < -0.39 is 0 Å². The molecule has 0 radical (unpaired) electrons. The fourth-order valence-corrected chi connectivity index (χ4v) is 3.86. The Hall–Kier alpha value is -0.0900. The van der Waals surface area contributed by atoms with E-state index in [9.17, 15) is 4.79 Å². The van der Waals surface area contributed by atoms with Crippen LogP contribution in [0.4, 0.5) is 0 Å². The molecule has 2 rings (SSSR count). The van der Waals surface area contributed by atoms with Gasteiger partial charge in [-0.05, 0) is 50.1 Å². The molecule has 0 aromatic rings. The van der Waals surface area contributed by atoms with E-state index in [0.29, 0.717) is 17.8 Å². The second-order valence-electron chi connectivity index (χ2n) is 5.88. The summed E-state index contributed by atoms with van der Waals surface area (Å²) in [6.07, 6.45) is 7.00. The molecule has 0 aromatic heterocycles. The molecule has 2 fully saturated rings. The fourth-order valence-electron chi connectivity index (χ4n) is 3.12. The first-order valence-corrected chi connectivity index (χ1v) is 7.82. The van der Waals surface area contributed by atoms with Crippen LogP contribution in [-0.2, 0) is 4.79 Å². The highest BCUT2D eigenvalue weighted by atomic mass is 79.9. The van der Waals surface area contributed by atoms with Gasteiger partial charge in [-0.3, -0.25) is 4.79 Å². The van der Waals surface area contributed by atoms with Crippen molar-refractivity contribution in [1.82, 2.24) is 4.90 Å². The number of carbonyl (C=O) groups is 1. The van der Waals surface area contributed by atoms with Crippen molar-refractivity contribution in [1.29, 1.82) is 0 Å². The zero-order valence-corrected chi connectivity index (χ0v) is 12.0. The second-order valence-corrected chi connectivity index (χ2v) is 6.44. The first kappa shape index (κ1) is 13.3. The largest absolute Gasteiger partial charge is 0.370 e. The maximum atomic E-state index is 10.9. The topological polar surface area (TPSA) is 46.3 Å². The van der Waals surface area contributed by atoms with Gasteiger partial charge in [0.05, 0.1) is 0 Å². The van der Waals surface area contributed by atoms with Gasteiger partial charge in [0.2, 0.25) is 5.91 Å². The number of hydrogen-bond acceptors (Lipinski definition) is 2. The highest BCUT2D eigenvalue weighted by Crippen LogP contribution is 2.43. The standard InChI is InChI=1S/C13H23BrN2O/c14-9-13(4-1-5-13)10-16-6-2-11(3-7-16)8-12(15)17/h11H,1-10H2,(H2,15,17). The molecule has 1 heterocycles. The highest BCUT2D eigenvalue weighted by molar-refractivity contribution is 9.09. The maximum Gasteiger partial charge on any atom is 0.217 e. The van der Waals surface area contributed by atoms with Crippen LogP contribution in [-0.4, -0.2) is 35.8 Å². The summed E-state index contributed by atoms with van der Waals surface area (Å²) < 4.78 is 0. The Balaban J connectivity index is 1.73. The molecule has 98 valence electrons. The van der Waals surface area contributed by atoms with Crippen LogP contribution in [0.25, 0.3) is 0 Å². The lowest BCUT2D eigenvalue weighted by Crippen LogP contribution is -2.46. The molecule has 1 amide bonds. The number of nitrogens with two attached hydrogens (primary N) is 1. The molecule has 1 aliphatic carbocycles. The molecule has 0 spiro atoms. The minimum atomic E-state index is -0.139. The third-order valence-corrected chi connectivity index (χ3v) is 5.64. The van der Waals surface area contributed by atoms with Crippen LogP contribution in [0.3, 0.4) is 0 Å². The van der Waals surface area contributed by atoms with Gasteiger partial charge in [0.15, 0.2) is 0 Å². The summed E-state index contributed by atoms with van der Waals surface area (Å²) >= 11 is 3.67. The lowest BCUT2D eigenvalue weighted by atomic mass is 9.70. The number of amides is 1. The number of primary amides is 1. The van der Waals surface area contributed by atoms with E-state index in [0.717, 1.165) is 31.3 Å². The minimum Gasteiger partial charge on any atom is -0.370 e. The van der Waals surface area contributed by atoms with E-state index in [1.807, 2.05) is 0 Å². The Kier molecular flexibility index (Phi) is 4.47. The number of rotatable bonds is 5. The van der Waals surface area contributed by atoms with Crippen molar-refractivity contribution in [2.24, 2.45) is 17.1 Å². The van der Waals surface area contributed by atoms with E-state index in [4.69, 9.17) is 5.73 Å². The van der Waals surface area contributed by atoms with Gasteiger partial charge < -0.3 is 10.6 Å². The van der Waals surface area contributed by atoms with Gasteiger partial charge in [-0.25, -0.2) is 0 Å². The van der Waals surface area contributed by atoms with Crippen molar-refractivity contribution in [2.75, 3.05) is 25.0 Å². The third kappa shape index (κ3) is 3.44. The number of alkyl halides is 1. The van der Waals surface area contributed by atoms with E-state index >= 15 is 0 Å². The second kappa shape index (κ2) is 5.70. The Morgan fingerprint density at radius 2 is 2.00 bits per heavy atom. The summed E-state index contributed by atoms with van der Waals surface area (Å²) in [4.78, 5) is 13.5. The predicted octanol–water partition coefficient (Wildman–Crippen LogP) is 2.14. The number of likely N-dealkylation sites (tertiary alicyclic amines) is 1. The molecule has 2 N–H and O–H groups in total. The normalized spacial score (nSPS) is 25.5. The Morgan fingerprint density at radius 1 is 1.35 bits per heavy atom. The van der Waals surface area contributed by atoms with Crippen molar-refractivity contribution in [3.63, 3.8) is 0 Å². The van der Waals surface area contributed by atoms with Gasteiger partial charge in [-0.2, -0.15) is 0 Å². The average molecular weight is 303 g/mol. The first-order valence-electron chi connectivity index (χ1n) is 6.70. The Bertz CT molecular complexity index is 265. The number of halogens is 1. The molecule has 0 unspecified atom stereocenters. The van der Waals surface area contributed by atoms with Gasteiger partial charge in [-0.1, -0.05) is 22.4 Å². The van der Waals surface area contributed by atoms with E-state index in [-0.39, 0.29) is 5.91 Å². The van der Waals surface area contributed by atoms with Crippen molar-refractivity contribution in [3.8, 4) is 0 Å². The van der Waals surface area contributed by atoms with Gasteiger partial charge >= 0.3 is 0 Å². The Labute approximate surface area is 112 Å². The molecule has 1 saturated carbocycles. The molecular formula is C13H23BrN2O. The van der Waals surface area contributed by atoms with Gasteiger partial charge in [0.1, 0.15) is 0 Å². The summed E-state index contributed by atoms with van der Waals surface area (Å²) in [6, 6.07) is 0. The maximum absolute atomic E-state index is 10.9. The van der Waals surface area contributed by atoms with Crippen LogP contribution in [0.15, 0.2) is 0 Å². The lowest BCUT2D eigenvalue weighted by molar-refractivity contribution is -0.119. The van der Waals surface area contributed by atoms with Crippen LogP contribution >= 0.6 is 15.9 Å². The van der Waals surface area contributed by atoms with Crippen LogP contribution in [0.2, 0.25) is 0 Å². The molecule has 4 heteroatoms. The van der Waals surface area contributed by atoms with E-state index in [1.54, 1.807) is 0 Å². The van der Waals surface area contributed by atoms with E-state index in [1.165, 1.54) is 25.8 Å². The molecule has 17 heavy (non-hydrogen) atoms. The van der Waals surface area contributed by atoms with Crippen molar-refractivity contribution in [2.45, 2.75) is 38.5 Å². The number of carbonyl (C=O) groups excluding carboxylic acids is 1. The molecule has 0 bridgehead atoms. The molecule has 0 atom stereocenters. The SMILES string of the molecule is NC(=O)CC1CCN(CC2(CBr)CCC2)CC1. The lowest BCUT2D eigenvalue weighted by Gasteiger charge is -2.45. The van der Waals surface area contributed by atoms with Gasteiger partial charge in [0.25, 0.3) is 0 Å². The van der Waals surface area contributed by atoms with Crippen LogP contribution in [0.1, 0.15) is 38.5 Å². The number of nitrogens with zero attached hydrogens (tertiary/aromatic N) is 1. The molecule has 1 aliphatic heterocycles. The van der Waals surface area contributed by atoms with Crippen molar-refractivity contribution >= 4 is 21.8 Å². The van der Waals surface area contributed by atoms with Gasteiger partial charge in [0, 0.05) is 18.3 Å². The predicted molar refractivity (Wildman–Crippen MR) is 73.1 cm³/mol. The number of hydrogen-bond donors (Lipinski definition) is 1. The first-order chi connectivity index (χ1) is 8.13. The smallest absolute Gasteiger partial charge is 0.217 e. The fraction of sp³-hybridized carbons (Fsp3) is 0.923. The minimum absolute atomic E-state index is 0.139. The zero-order chi connectivity index (χ0) is 12.3. The molecule has 1 saturated heterocycles. The van der Waals surface area contributed by atoms with Crippen LogP contribution in [0, 0.1) is 11.3 Å².